The molecule has 7 heteroatoms. The van der Waals surface area contributed by atoms with Crippen LogP contribution in [0.5, 0.6) is 5.75 Å². The van der Waals surface area contributed by atoms with Crippen molar-refractivity contribution in [3.8, 4) is 16.9 Å². The number of aryl methyl sites for hydroxylation is 1. The number of ketones is 2. The summed E-state index contributed by atoms with van der Waals surface area (Å²) in [7, 11) is 0. The van der Waals surface area contributed by atoms with Gasteiger partial charge in [0, 0.05) is 11.1 Å². The Balaban J connectivity index is 2.00. The lowest BCUT2D eigenvalue weighted by Gasteiger charge is -2.15. The molecule has 34 heavy (non-hydrogen) atoms. The maximum absolute atomic E-state index is 13.4. The smallest absolute Gasteiger partial charge is 0.200 e. The van der Waals surface area contributed by atoms with Crippen molar-refractivity contribution < 1.29 is 23.5 Å². The molecule has 0 fully saturated rings. The molecule has 168 valence electrons. The Morgan fingerprint density at radius 1 is 0.824 bits per heavy atom. The summed E-state index contributed by atoms with van der Waals surface area (Å²) in [6.45, 7) is 4.43. The van der Waals surface area contributed by atoms with Gasteiger partial charge in [0.1, 0.15) is 28.8 Å². The van der Waals surface area contributed by atoms with Crippen molar-refractivity contribution in [3.63, 3.8) is 0 Å². The van der Waals surface area contributed by atoms with E-state index >= 15 is 0 Å². The average molecular weight is 454 g/mol. The Morgan fingerprint density at radius 3 is 2.29 bits per heavy atom. The van der Waals surface area contributed by atoms with Gasteiger partial charge in [0.05, 0.1) is 27.3 Å². The van der Waals surface area contributed by atoms with Crippen molar-refractivity contribution in [2.75, 3.05) is 0 Å². The van der Waals surface area contributed by atoms with Gasteiger partial charge in [-0.1, -0.05) is 6.07 Å². The molecule has 0 bridgehead atoms. The zero-order chi connectivity index (χ0) is 24.3. The predicted octanol–water partition coefficient (Wildman–Crippen LogP) is 5.14. The summed E-state index contributed by atoms with van der Waals surface area (Å²) >= 11 is 0. The van der Waals surface area contributed by atoms with E-state index in [1.807, 2.05) is 6.92 Å². The maximum Gasteiger partial charge on any atom is 0.200 e. The van der Waals surface area contributed by atoms with Gasteiger partial charge in [-0.3, -0.25) is 19.2 Å². The molecule has 0 aliphatic heterocycles. The summed E-state index contributed by atoms with van der Waals surface area (Å²) in [5, 5.41) is 10.2. The number of rotatable bonds is 3. The molecule has 0 unspecified atom stereocenters. The van der Waals surface area contributed by atoms with Crippen LogP contribution in [0.4, 0.5) is 0 Å². The van der Waals surface area contributed by atoms with Gasteiger partial charge in [-0.25, -0.2) is 0 Å². The molecule has 0 spiro atoms. The van der Waals surface area contributed by atoms with Crippen LogP contribution in [0.1, 0.15) is 40.1 Å². The minimum absolute atomic E-state index is 0.00180. The number of fused-ring (bicyclic) bond motifs is 3. The molecule has 2 aromatic heterocycles. The lowest BCUT2D eigenvalue weighted by Crippen LogP contribution is -2.14. The largest absolute Gasteiger partial charge is 0.508 e. The Bertz CT molecular complexity index is 1820. The van der Waals surface area contributed by atoms with Gasteiger partial charge in [0.2, 0.25) is 10.9 Å². The van der Waals surface area contributed by atoms with Crippen LogP contribution in [0.3, 0.4) is 0 Å². The second-order valence-corrected chi connectivity index (χ2v) is 8.25. The Labute approximate surface area is 191 Å². The Morgan fingerprint density at radius 2 is 1.59 bits per heavy atom. The van der Waals surface area contributed by atoms with Crippen LogP contribution >= 0.6 is 0 Å². The van der Waals surface area contributed by atoms with E-state index in [-0.39, 0.29) is 49.9 Å². The minimum Gasteiger partial charge on any atom is -0.508 e. The zero-order valence-corrected chi connectivity index (χ0v) is 18.5. The highest BCUT2D eigenvalue weighted by molar-refractivity contribution is 6.17. The lowest BCUT2D eigenvalue weighted by molar-refractivity contribution is 0.101. The first-order valence-electron chi connectivity index (χ1n) is 10.5. The van der Waals surface area contributed by atoms with Crippen molar-refractivity contribution in [1.29, 1.82) is 0 Å². The first-order valence-corrected chi connectivity index (χ1v) is 10.5. The van der Waals surface area contributed by atoms with Gasteiger partial charge < -0.3 is 13.9 Å². The number of carbonyl (C=O) groups is 2. The number of hydrogen-bond donors (Lipinski definition) is 1. The number of aromatic hydroxyl groups is 1. The van der Waals surface area contributed by atoms with Crippen molar-refractivity contribution in [3.05, 3.63) is 85.9 Å². The topological polar surface area (TPSA) is 115 Å². The number of hydrogen-bond acceptors (Lipinski definition) is 7. The highest BCUT2D eigenvalue weighted by Crippen LogP contribution is 2.35. The highest BCUT2D eigenvalue weighted by Gasteiger charge is 2.26. The molecule has 0 saturated carbocycles. The molecular formula is C27H18O7. The molecule has 3 aromatic carbocycles. The minimum atomic E-state index is -0.510. The summed E-state index contributed by atoms with van der Waals surface area (Å²) in [4.78, 5) is 52.3. The summed E-state index contributed by atoms with van der Waals surface area (Å²) in [6.07, 6.45) is 1.22. The third-order valence-electron chi connectivity index (χ3n) is 5.87. The fourth-order valence-electron chi connectivity index (χ4n) is 4.28. The van der Waals surface area contributed by atoms with Gasteiger partial charge >= 0.3 is 0 Å². The van der Waals surface area contributed by atoms with Gasteiger partial charge in [0.25, 0.3) is 0 Å². The molecule has 5 rings (SSSR count). The van der Waals surface area contributed by atoms with Gasteiger partial charge in [-0.15, -0.1) is 0 Å². The molecule has 7 nitrogen and oxygen atoms in total. The molecular weight excluding hydrogens is 436 g/mol. The number of phenols is 1. The molecule has 0 aliphatic carbocycles. The van der Waals surface area contributed by atoms with E-state index < -0.39 is 22.4 Å². The van der Waals surface area contributed by atoms with Crippen molar-refractivity contribution >= 4 is 44.5 Å². The van der Waals surface area contributed by atoms with E-state index in [2.05, 4.69) is 0 Å². The summed E-state index contributed by atoms with van der Waals surface area (Å²) in [6, 6.07) is 10.5. The molecule has 0 atom stereocenters. The van der Waals surface area contributed by atoms with E-state index in [1.165, 1.54) is 44.4 Å². The fourth-order valence-corrected chi connectivity index (χ4v) is 4.28. The van der Waals surface area contributed by atoms with Crippen LogP contribution < -0.4 is 10.9 Å². The monoisotopic (exact) mass is 454 g/mol. The molecule has 1 N–H and O–H groups in total. The van der Waals surface area contributed by atoms with E-state index in [4.69, 9.17) is 8.83 Å². The Hall–Kier alpha value is -4.52. The average Bonchev–Trinajstić information content (AvgIpc) is 2.78. The second kappa shape index (κ2) is 7.52. The van der Waals surface area contributed by atoms with Crippen LogP contribution in [-0.4, -0.2) is 16.7 Å². The van der Waals surface area contributed by atoms with Crippen LogP contribution in [0.2, 0.25) is 0 Å². The molecule has 0 radical (unpaired) electrons. The standard InChI is InChI=1S/C27H18O7/c1-12-4-6-16-22(8-12)33-11-20(25(16)31)24-17(13(2)28)10-19-26(32)18-9-15(30)5-7-21(18)34-27(19)23(24)14(3)29/h4-11,30H,1-3H3. The number of carbonyl (C=O) groups excluding carboxylic acids is 2. The molecule has 5 aromatic rings. The number of benzene rings is 3. The number of phenolic OH excluding ortho intramolecular Hbond substituents is 1. The van der Waals surface area contributed by atoms with Crippen LogP contribution in [0.15, 0.2) is 67.2 Å². The van der Waals surface area contributed by atoms with Gasteiger partial charge in [-0.2, -0.15) is 0 Å². The Kier molecular flexibility index (Phi) is 4.72. The third-order valence-corrected chi connectivity index (χ3v) is 5.87. The zero-order valence-electron chi connectivity index (χ0n) is 18.5. The first kappa shape index (κ1) is 21.3. The second-order valence-electron chi connectivity index (χ2n) is 8.25. The SMILES string of the molecule is CC(=O)c1cc2c(=O)c3cc(O)ccc3oc2c(C(C)=O)c1-c1coc2cc(C)ccc2c1=O. The quantitative estimate of drug-likeness (QED) is 0.296. The highest BCUT2D eigenvalue weighted by atomic mass is 16.3. The van der Waals surface area contributed by atoms with Crippen molar-refractivity contribution in [2.45, 2.75) is 20.8 Å². The summed E-state index contributed by atoms with van der Waals surface area (Å²) in [5.74, 6) is -1.07. The van der Waals surface area contributed by atoms with E-state index in [0.29, 0.717) is 11.0 Å². The van der Waals surface area contributed by atoms with Crippen molar-refractivity contribution in [2.24, 2.45) is 0 Å². The van der Waals surface area contributed by atoms with E-state index in [0.717, 1.165) is 5.56 Å². The normalized spacial score (nSPS) is 11.4. The van der Waals surface area contributed by atoms with E-state index in [9.17, 15) is 24.3 Å². The first-order chi connectivity index (χ1) is 16.2. The predicted molar refractivity (Wildman–Crippen MR) is 128 cm³/mol. The molecule has 2 heterocycles. The summed E-state index contributed by atoms with van der Waals surface area (Å²) < 4.78 is 11.6. The summed E-state index contributed by atoms with van der Waals surface area (Å²) in [5.41, 5.74) is 0.495. The third kappa shape index (κ3) is 3.13. The van der Waals surface area contributed by atoms with E-state index in [1.54, 1.807) is 18.2 Å². The molecule has 0 aliphatic rings. The molecule has 0 saturated heterocycles. The maximum atomic E-state index is 13.4. The van der Waals surface area contributed by atoms with Crippen LogP contribution in [-0.2, 0) is 0 Å². The lowest BCUT2D eigenvalue weighted by atomic mass is 9.88. The van der Waals surface area contributed by atoms with Crippen LogP contribution in [0.25, 0.3) is 44.0 Å². The molecule has 0 amide bonds. The van der Waals surface area contributed by atoms with Gasteiger partial charge in [-0.05, 0) is 62.7 Å². The van der Waals surface area contributed by atoms with Gasteiger partial charge in [0.15, 0.2) is 11.6 Å². The van der Waals surface area contributed by atoms with Crippen LogP contribution in [0, 0.1) is 6.92 Å². The fraction of sp³-hybridized carbons (Fsp3) is 0.111. The number of Topliss-reactive ketones (excluding diaryl/α,β-unsaturated/α-hetero) is 2. The van der Waals surface area contributed by atoms with Crippen molar-refractivity contribution in [1.82, 2.24) is 0 Å².